The molecule has 2 N–H and O–H groups in total. The van der Waals surface area contributed by atoms with Crippen molar-refractivity contribution in [1.29, 1.82) is 5.26 Å². The van der Waals surface area contributed by atoms with Crippen molar-refractivity contribution in [1.82, 2.24) is 5.32 Å². The molecule has 0 aliphatic carbocycles. The van der Waals surface area contributed by atoms with Crippen molar-refractivity contribution in [2.24, 2.45) is 5.41 Å². The van der Waals surface area contributed by atoms with Crippen LogP contribution < -0.4 is 5.32 Å². The van der Waals surface area contributed by atoms with Gasteiger partial charge in [-0.25, -0.2) is 4.39 Å². The molecular formula is C23H22Cl3FN2O2. The zero-order chi connectivity index (χ0) is 23.1. The van der Waals surface area contributed by atoms with E-state index in [-0.39, 0.29) is 21.0 Å². The minimum Gasteiger partial charge on any atom is -0.480 e. The standard InChI is InChI=1S/C23H22Cl3FN2O2/c1-22(2,3)10-17-23(11-28,14-8-7-12(24)9-16(14)26)18(20(29-17)21(30)31)13-5-4-6-15(25)19(13)27/h4-9,17-18,20,29H,10H2,1-3H3,(H,30,31)/t17-,18-,20+,23-/m1/s1. The van der Waals surface area contributed by atoms with Gasteiger partial charge in [0.15, 0.2) is 0 Å². The number of hydrogen-bond donors (Lipinski definition) is 2. The SMILES string of the molecule is CC(C)(C)C[C@H]1N[C@H](C(=O)O)[C@@H](c2cccc(Cl)c2F)[C@]1(C#N)c1ccc(Cl)cc1Cl. The van der Waals surface area contributed by atoms with Gasteiger partial charge in [0.1, 0.15) is 17.3 Å². The van der Waals surface area contributed by atoms with Crippen LogP contribution in [0.15, 0.2) is 36.4 Å². The van der Waals surface area contributed by atoms with E-state index >= 15 is 4.39 Å². The van der Waals surface area contributed by atoms with E-state index < -0.39 is 35.2 Å². The van der Waals surface area contributed by atoms with Gasteiger partial charge in [0.2, 0.25) is 0 Å². The molecule has 1 heterocycles. The van der Waals surface area contributed by atoms with Gasteiger partial charge in [-0.1, -0.05) is 73.8 Å². The Morgan fingerprint density at radius 3 is 2.45 bits per heavy atom. The normalized spacial score (nSPS) is 25.9. The highest BCUT2D eigenvalue weighted by atomic mass is 35.5. The van der Waals surface area contributed by atoms with E-state index in [0.29, 0.717) is 17.0 Å². The first-order chi connectivity index (χ1) is 14.4. The molecule has 3 rings (SSSR count). The number of nitriles is 1. The highest BCUT2D eigenvalue weighted by Crippen LogP contribution is 2.53. The van der Waals surface area contributed by atoms with Crippen LogP contribution in [-0.4, -0.2) is 23.2 Å². The van der Waals surface area contributed by atoms with Gasteiger partial charge in [0.25, 0.3) is 0 Å². The number of halogens is 4. The molecule has 0 amide bonds. The molecule has 4 atom stereocenters. The van der Waals surface area contributed by atoms with E-state index in [2.05, 4.69) is 11.4 Å². The fraction of sp³-hybridized carbons (Fsp3) is 0.391. The van der Waals surface area contributed by atoms with Crippen molar-refractivity contribution in [2.75, 3.05) is 0 Å². The summed E-state index contributed by atoms with van der Waals surface area (Å²) >= 11 is 18.6. The van der Waals surface area contributed by atoms with Gasteiger partial charge in [0, 0.05) is 22.0 Å². The summed E-state index contributed by atoms with van der Waals surface area (Å²) in [5.41, 5.74) is -1.29. The molecule has 0 aromatic heterocycles. The highest BCUT2D eigenvalue weighted by molar-refractivity contribution is 6.35. The van der Waals surface area contributed by atoms with Gasteiger partial charge in [-0.3, -0.25) is 10.1 Å². The largest absolute Gasteiger partial charge is 0.480 e. The molecule has 1 aliphatic heterocycles. The van der Waals surface area contributed by atoms with E-state index in [1.165, 1.54) is 18.2 Å². The molecule has 1 aliphatic rings. The van der Waals surface area contributed by atoms with Crippen LogP contribution in [0.5, 0.6) is 0 Å². The Bertz CT molecular complexity index is 1060. The second kappa shape index (κ2) is 8.60. The first-order valence-corrected chi connectivity index (χ1v) is 10.9. The van der Waals surface area contributed by atoms with E-state index in [1.807, 2.05) is 20.8 Å². The van der Waals surface area contributed by atoms with Crippen molar-refractivity contribution < 1.29 is 14.3 Å². The predicted molar refractivity (Wildman–Crippen MR) is 120 cm³/mol. The maximum atomic E-state index is 15.2. The van der Waals surface area contributed by atoms with Crippen LogP contribution in [0.25, 0.3) is 0 Å². The minimum atomic E-state index is -1.48. The highest BCUT2D eigenvalue weighted by Gasteiger charge is 2.61. The predicted octanol–water partition coefficient (Wildman–Crippen LogP) is 6.19. The number of carboxylic acids is 1. The Kier molecular flexibility index (Phi) is 6.60. The quantitative estimate of drug-likeness (QED) is 0.543. The average Bonchev–Trinajstić information content (AvgIpc) is 2.97. The van der Waals surface area contributed by atoms with E-state index in [9.17, 15) is 15.2 Å². The van der Waals surface area contributed by atoms with Gasteiger partial charge in [-0.2, -0.15) is 5.26 Å². The van der Waals surface area contributed by atoms with Gasteiger partial charge >= 0.3 is 5.97 Å². The summed E-state index contributed by atoms with van der Waals surface area (Å²) in [6, 6.07) is 9.60. The Hall–Kier alpha value is -1.84. The molecule has 0 unspecified atom stereocenters. The number of aliphatic carboxylic acids is 1. The first-order valence-electron chi connectivity index (χ1n) is 9.72. The number of nitrogens with zero attached hydrogens (tertiary/aromatic N) is 1. The summed E-state index contributed by atoms with van der Waals surface area (Å²) in [6.07, 6.45) is 0.446. The number of carboxylic acid groups (broad SMARTS) is 1. The fourth-order valence-corrected chi connectivity index (χ4v) is 5.29. The molecule has 0 radical (unpaired) electrons. The molecule has 2 aromatic carbocycles. The van der Waals surface area contributed by atoms with Crippen molar-refractivity contribution in [2.45, 2.75) is 50.6 Å². The van der Waals surface area contributed by atoms with Gasteiger partial charge in [-0.05, 0) is 41.2 Å². The van der Waals surface area contributed by atoms with E-state index in [0.717, 1.165) is 0 Å². The smallest absolute Gasteiger partial charge is 0.321 e. The summed E-state index contributed by atoms with van der Waals surface area (Å²) < 4.78 is 15.2. The lowest BCUT2D eigenvalue weighted by Crippen LogP contribution is -2.44. The summed E-state index contributed by atoms with van der Waals surface area (Å²) in [6.45, 7) is 5.97. The second-order valence-electron chi connectivity index (χ2n) is 9.03. The molecule has 164 valence electrons. The van der Waals surface area contributed by atoms with Crippen molar-refractivity contribution >= 4 is 40.8 Å². The summed E-state index contributed by atoms with van der Waals surface area (Å²) in [4.78, 5) is 12.3. The van der Waals surface area contributed by atoms with Crippen molar-refractivity contribution in [3.05, 3.63) is 68.4 Å². The van der Waals surface area contributed by atoms with Crippen LogP contribution in [0.2, 0.25) is 15.1 Å². The van der Waals surface area contributed by atoms with Crippen LogP contribution in [0.3, 0.4) is 0 Å². The molecule has 4 nitrogen and oxygen atoms in total. The molecule has 8 heteroatoms. The van der Waals surface area contributed by atoms with Crippen molar-refractivity contribution in [3.63, 3.8) is 0 Å². The third-order valence-corrected chi connectivity index (χ3v) is 6.55. The zero-order valence-electron chi connectivity index (χ0n) is 17.2. The van der Waals surface area contributed by atoms with Crippen LogP contribution in [0.4, 0.5) is 4.39 Å². The van der Waals surface area contributed by atoms with Crippen LogP contribution in [0.1, 0.15) is 44.2 Å². The van der Waals surface area contributed by atoms with E-state index in [1.54, 1.807) is 18.2 Å². The molecule has 0 bridgehead atoms. The average molecular weight is 484 g/mol. The van der Waals surface area contributed by atoms with Crippen LogP contribution >= 0.6 is 34.8 Å². The van der Waals surface area contributed by atoms with Crippen LogP contribution in [0, 0.1) is 22.6 Å². The Morgan fingerprint density at radius 2 is 1.90 bits per heavy atom. The number of nitrogens with one attached hydrogen (secondary N) is 1. The number of rotatable bonds is 4. The summed E-state index contributed by atoms with van der Waals surface area (Å²) in [5.74, 6) is -3.02. The first kappa shape index (κ1) is 23.8. The topological polar surface area (TPSA) is 73.1 Å². The van der Waals surface area contributed by atoms with E-state index in [4.69, 9.17) is 34.8 Å². The maximum absolute atomic E-state index is 15.2. The molecule has 1 saturated heterocycles. The number of benzene rings is 2. The number of carbonyl (C=O) groups is 1. The second-order valence-corrected chi connectivity index (χ2v) is 10.3. The lowest BCUT2D eigenvalue weighted by molar-refractivity contribution is -0.139. The minimum absolute atomic E-state index is 0.0522. The molecule has 1 fully saturated rings. The lowest BCUT2D eigenvalue weighted by Gasteiger charge is -2.37. The zero-order valence-corrected chi connectivity index (χ0v) is 19.5. The Morgan fingerprint density at radius 1 is 1.23 bits per heavy atom. The van der Waals surface area contributed by atoms with Crippen molar-refractivity contribution in [3.8, 4) is 6.07 Å². The third-order valence-electron chi connectivity index (χ3n) is 5.72. The number of hydrogen-bond acceptors (Lipinski definition) is 3. The van der Waals surface area contributed by atoms with Gasteiger partial charge < -0.3 is 5.11 Å². The lowest BCUT2D eigenvalue weighted by atomic mass is 9.63. The molecule has 0 saturated carbocycles. The molecule has 2 aromatic rings. The summed E-state index contributed by atoms with van der Waals surface area (Å²) in [7, 11) is 0. The third kappa shape index (κ3) is 4.27. The van der Waals surface area contributed by atoms with Gasteiger partial charge in [0.05, 0.1) is 11.1 Å². The molecule has 0 spiro atoms. The maximum Gasteiger partial charge on any atom is 0.321 e. The van der Waals surface area contributed by atoms with Crippen LogP contribution in [-0.2, 0) is 10.2 Å². The van der Waals surface area contributed by atoms with Gasteiger partial charge in [-0.15, -0.1) is 0 Å². The Labute approximate surface area is 195 Å². The fourth-order valence-electron chi connectivity index (χ4n) is 4.54. The molecular weight excluding hydrogens is 462 g/mol. The Balaban J connectivity index is 2.38. The molecule has 31 heavy (non-hydrogen) atoms. The summed E-state index contributed by atoms with van der Waals surface area (Å²) in [5, 5.41) is 24.2. The monoisotopic (exact) mass is 482 g/mol.